The zero-order valence-corrected chi connectivity index (χ0v) is 10.2. The van der Waals surface area contributed by atoms with Crippen LogP contribution in [0.25, 0.3) is 4.47 Å². The molecule has 1 aromatic rings. The fourth-order valence-corrected chi connectivity index (χ4v) is 2.41. The molecule has 0 unspecified atom stereocenters. The van der Waals surface area contributed by atoms with Crippen molar-refractivity contribution < 1.29 is 4.79 Å². The van der Waals surface area contributed by atoms with E-state index in [1.165, 1.54) is 10.0 Å². The van der Waals surface area contributed by atoms with Gasteiger partial charge in [0.05, 0.1) is 0 Å². The fraction of sp³-hybridized carbons (Fsp3) is 0.250. The van der Waals surface area contributed by atoms with E-state index in [0.29, 0.717) is 21.4 Å². The molecule has 0 radical (unpaired) electrons. The van der Waals surface area contributed by atoms with E-state index in [1.807, 2.05) is 25.1 Å². The average molecular weight is 253 g/mol. The van der Waals surface area contributed by atoms with Gasteiger partial charge in [-0.1, -0.05) is 0 Å². The summed E-state index contributed by atoms with van der Waals surface area (Å²) in [6, 6.07) is 10.1. The van der Waals surface area contributed by atoms with Gasteiger partial charge in [0.2, 0.25) is 0 Å². The van der Waals surface area contributed by atoms with E-state index in [1.54, 1.807) is 6.08 Å². The standard InChI is InChI=1S/C12H14OSe/c1-3-11(13)9-12(14-2)10-7-5-4-6-8-10/h4-9H,3H2,1-2H3/b12-9-. The molecule has 0 amide bonds. The maximum absolute atomic E-state index is 11.3. The van der Waals surface area contributed by atoms with Crippen LogP contribution in [0, 0.1) is 0 Å². The van der Waals surface area contributed by atoms with Crippen LogP contribution < -0.4 is 0 Å². The Kier molecular flexibility index (Phi) is 4.64. The molecule has 0 spiro atoms. The quantitative estimate of drug-likeness (QED) is 0.595. The number of ketones is 1. The normalized spacial score (nSPS) is 11.4. The van der Waals surface area contributed by atoms with Crippen LogP contribution in [0.2, 0.25) is 5.82 Å². The zero-order valence-electron chi connectivity index (χ0n) is 8.49. The summed E-state index contributed by atoms with van der Waals surface area (Å²) in [6.45, 7) is 1.89. The van der Waals surface area contributed by atoms with Gasteiger partial charge in [0, 0.05) is 0 Å². The van der Waals surface area contributed by atoms with Gasteiger partial charge in [-0.2, -0.15) is 0 Å². The number of carbonyl (C=O) groups is 1. The molecule has 0 atom stereocenters. The van der Waals surface area contributed by atoms with Crippen molar-refractivity contribution in [1.82, 2.24) is 0 Å². The van der Waals surface area contributed by atoms with Crippen molar-refractivity contribution in [2.24, 2.45) is 0 Å². The number of rotatable bonds is 4. The molecule has 1 aromatic carbocycles. The number of allylic oxidation sites excluding steroid dienone is 1. The van der Waals surface area contributed by atoms with E-state index in [-0.39, 0.29) is 5.78 Å². The van der Waals surface area contributed by atoms with E-state index < -0.39 is 0 Å². The van der Waals surface area contributed by atoms with Crippen molar-refractivity contribution in [2.45, 2.75) is 19.2 Å². The molecule has 0 bridgehead atoms. The Balaban J connectivity index is 2.93. The van der Waals surface area contributed by atoms with Crippen LogP contribution in [-0.2, 0) is 4.79 Å². The van der Waals surface area contributed by atoms with Gasteiger partial charge in [0.15, 0.2) is 0 Å². The van der Waals surface area contributed by atoms with Crippen molar-refractivity contribution >= 4 is 25.2 Å². The van der Waals surface area contributed by atoms with E-state index >= 15 is 0 Å². The first-order chi connectivity index (χ1) is 6.77. The van der Waals surface area contributed by atoms with E-state index in [4.69, 9.17) is 0 Å². The van der Waals surface area contributed by atoms with E-state index in [9.17, 15) is 4.79 Å². The Morgan fingerprint density at radius 2 is 2.00 bits per heavy atom. The molecule has 0 aromatic heterocycles. The summed E-state index contributed by atoms with van der Waals surface area (Å²) >= 11 is 0.367. The second kappa shape index (κ2) is 5.79. The third-order valence-electron chi connectivity index (χ3n) is 1.92. The summed E-state index contributed by atoms with van der Waals surface area (Å²) in [6.07, 6.45) is 2.38. The molecule has 0 aliphatic carbocycles. The molecular formula is C12H14OSe. The maximum atomic E-state index is 11.3. The summed E-state index contributed by atoms with van der Waals surface area (Å²) in [4.78, 5) is 11.3. The molecule has 74 valence electrons. The van der Waals surface area contributed by atoms with Crippen molar-refractivity contribution in [3.8, 4) is 0 Å². The first kappa shape index (κ1) is 11.2. The number of benzene rings is 1. The molecule has 0 heterocycles. The molecule has 0 saturated heterocycles. The van der Waals surface area contributed by atoms with Gasteiger partial charge < -0.3 is 0 Å². The second-order valence-electron chi connectivity index (χ2n) is 2.90. The Labute approximate surface area is 91.4 Å². The Morgan fingerprint density at radius 1 is 1.36 bits per heavy atom. The summed E-state index contributed by atoms with van der Waals surface area (Å²) in [5, 5.41) is 0. The molecule has 0 fully saturated rings. The average Bonchev–Trinajstić information content (AvgIpc) is 2.26. The third-order valence-corrected chi connectivity index (χ3v) is 3.58. The third kappa shape index (κ3) is 3.13. The van der Waals surface area contributed by atoms with Crippen LogP contribution in [-0.4, -0.2) is 20.7 Å². The van der Waals surface area contributed by atoms with Gasteiger partial charge in [-0.05, 0) is 0 Å². The van der Waals surface area contributed by atoms with Crippen LogP contribution in [0.15, 0.2) is 36.4 Å². The fourth-order valence-electron chi connectivity index (χ4n) is 1.11. The summed E-state index contributed by atoms with van der Waals surface area (Å²) in [5.41, 5.74) is 1.18. The molecule has 0 aliphatic heterocycles. The van der Waals surface area contributed by atoms with Gasteiger partial charge in [0.1, 0.15) is 0 Å². The van der Waals surface area contributed by atoms with Crippen LogP contribution in [0.1, 0.15) is 18.9 Å². The number of carbonyl (C=O) groups excluding carboxylic acids is 1. The molecule has 14 heavy (non-hydrogen) atoms. The van der Waals surface area contributed by atoms with E-state index in [2.05, 4.69) is 18.0 Å². The molecule has 1 nitrogen and oxygen atoms in total. The SMILES string of the molecule is CCC(=O)/C=C(\[Se]C)c1ccccc1. The second-order valence-corrected chi connectivity index (χ2v) is 4.68. The van der Waals surface area contributed by atoms with Crippen molar-refractivity contribution in [3.63, 3.8) is 0 Å². The number of hydrogen-bond donors (Lipinski definition) is 0. The summed E-state index contributed by atoms with van der Waals surface area (Å²) in [7, 11) is 0. The number of hydrogen-bond acceptors (Lipinski definition) is 1. The summed E-state index contributed by atoms with van der Waals surface area (Å²) in [5.74, 6) is 2.35. The minimum absolute atomic E-state index is 0.215. The predicted molar refractivity (Wildman–Crippen MR) is 61.3 cm³/mol. The van der Waals surface area contributed by atoms with Crippen molar-refractivity contribution in [3.05, 3.63) is 42.0 Å². The van der Waals surface area contributed by atoms with Gasteiger partial charge >= 0.3 is 91.1 Å². The van der Waals surface area contributed by atoms with Crippen LogP contribution in [0.4, 0.5) is 0 Å². The van der Waals surface area contributed by atoms with Gasteiger partial charge in [-0.25, -0.2) is 0 Å². The first-order valence-electron chi connectivity index (χ1n) is 4.62. The van der Waals surface area contributed by atoms with Crippen molar-refractivity contribution in [1.29, 1.82) is 0 Å². The van der Waals surface area contributed by atoms with Crippen molar-refractivity contribution in [2.75, 3.05) is 0 Å². The summed E-state index contributed by atoms with van der Waals surface area (Å²) < 4.78 is 1.19. The monoisotopic (exact) mass is 254 g/mol. The molecule has 0 saturated carbocycles. The van der Waals surface area contributed by atoms with Gasteiger partial charge in [-0.15, -0.1) is 0 Å². The van der Waals surface area contributed by atoms with Gasteiger partial charge in [-0.3, -0.25) is 0 Å². The predicted octanol–water partition coefficient (Wildman–Crippen LogP) is 2.76. The minimum atomic E-state index is 0.215. The van der Waals surface area contributed by atoms with Crippen LogP contribution in [0.3, 0.4) is 0 Å². The van der Waals surface area contributed by atoms with Crippen LogP contribution in [0.5, 0.6) is 0 Å². The Bertz CT molecular complexity index is 327. The Hall–Kier alpha value is -0.851. The zero-order chi connectivity index (χ0) is 10.4. The van der Waals surface area contributed by atoms with Gasteiger partial charge in [0.25, 0.3) is 0 Å². The van der Waals surface area contributed by atoms with Crippen LogP contribution >= 0.6 is 0 Å². The Morgan fingerprint density at radius 3 is 2.50 bits per heavy atom. The molecule has 2 heteroatoms. The molecule has 0 aliphatic rings. The molecular weight excluding hydrogens is 239 g/mol. The van der Waals surface area contributed by atoms with E-state index in [0.717, 1.165) is 0 Å². The molecule has 1 rings (SSSR count). The first-order valence-corrected chi connectivity index (χ1v) is 7.18. The topological polar surface area (TPSA) is 17.1 Å². The molecule has 0 N–H and O–H groups in total.